The third-order valence-electron chi connectivity index (χ3n) is 5.38. The minimum Gasteiger partial charge on any atom is -0.479 e. The highest BCUT2D eigenvalue weighted by Crippen LogP contribution is 2.41. The number of esters is 1. The Kier molecular flexibility index (Phi) is 6.47. The molecule has 0 saturated heterocycles. The van der Waals surface area contributed by atoms with Crippen molar-refractivity contribution in [2.45, 2.75) is 59.3 Å². The number of thiazole rings is 1. The number of benzene rings is 1. The molecule has 0 radical (unpaired) electrons. The van der Waals surface area contributed by atoms with Gasteiger partial charge in [0.15, 0.2) is 6.10 Å². The summed E-state index contributed by atoms with van der Waals surface area (Å²) in [4.78, 5) is 37.8. The van der Waals surface area contributed by atoms with Gasteiger partial charge in [0.05, 0.1) is 23.2 Å². The summed E-state index contributed by atoms with van der Waals surface area (Å²) < 4.78 is 11.3. The Hall–Kier alpha value is -3.26. The number of hydrogen-bond acceptors (Lipinski definition) is 7. The number of pyridine rings is 1. The van der Waals surface area contributed by atoms with E-state index in [2.05, 4.69) is 4.98 Å². The first-order valence-corrected chi connectivity index (χ1v) is 11.8. The Balaban J connectivity index is 1.77. The van der Waals surface area contributed by atoms with Gasteiger partial charge in [0.1, 0.15) is 16.8 Å². The van der Waals surface area contributed by atoms with Gasteiger partial charge in [-0.3, -0.25) is 14.7 Å². The standard InChI is InChI=1S/C25H27N3O4S/c1-6-19(25(30)31-14(2)3)28-20-13-17(10-11-21(20)32-15(4)24(28)29)22-16(5)33-23(27-22)18-9-7-8-12-26-18/h7-15,19H,6H2,1-5H3. The van der Waals surface area contributed by atoms with Crippen LogP contribution in [0.5, 0.6) is 5.75 Å². The Morgan fingerprint density at radius 1 is 1.27 bits per heavy atom. The molecule has 1 aliphatic heterocycles. The van der Waals surface area contributed by atoms with Gasteiger partial charge < -0.3 is 9.47 Å². The summed E-state index contributed by atoms with van der Waals surface area (Å²) in [5.41, 5.74) is 3.01. The van der Waals surface area contributed by atoms with E-state index in [-0.39, 0.29) is 12.0 Å². The summed E-state index contributed by atoms with van der Waals surface area (Å²) in [5, 5.41) is 0.825. The molecule has 0 N–H and O–H groups in total. The second-order valence-electron chi connectivity index (χ2n) is 8.20. The molecule has 33 heavy (non-hydrogen) atoms. The fourth-order valence-corrected chi connectivity index (χ4v) is 4.77. The lowest BCUT2D eigenvalue weighted by Crippen LogP contribution is -2.53. The van der Waals surface area contributed by atoms with Crippen molar-refractivity contribution in [3.8, 4) is 27.7 Å². The minimum absolute atomic E-state index is 0.267. The van der Waals surface area contributed by atoms with Gasteiger partial charge >= 0.3 is 5.97 Å². The van der Waals surface area contributed by atoms with Gasteiger partial charge in [-0.2, -0.15) is 0 Å². The van der Waals surface area contributed by atoms with E-state index >= 15 is 0 Å². The van der Waals surface area contributed by atoms with Gasteiger partial charge in [0.25, 0.3) is 5.91 Å². The van der Waals surface area contributed by atoms with E-state index in [1.54, 1.807) is 38.3 Å². The highest BCUT2D eigenvalue weighted by molar-refractivity contribution is 7.15. The maximum absolute atomic E-state index is 13.2. The smallest absolute Gasteiger partial charge is 0.329 e. The van der Waals surface area contributed by atoms with Gasteiger partial charge in [-0.25, -0.2) is 9.78 Å². The number of anilines is 1. The van der Waals surface area contributed by atoms with Crippen LogP contribution in [-0.4, -0.2) is 40.1 Å². The van der Waals surface area contributed by atoms with Crippen LogP contribution in [-0.2, 0) is 14.3 Å². The number of hydrogen-bond donors (Lipinski definition) is 0. The molecule has 1 aliphatic rings. The van der Waals surface area contributed by atoms with Crippen molar-refractivity contribution in [2.24, 2.45) is 0 Å². The van der Waals surface area contributed by atoms with Crippen LogP contribution in [0.15, 0.2) is 42.6 Å². The topological polar surface area (TPSA) is 81.6 Å². The fourth-order valence-electron chi connectivity index (χ4n) is 3.86. The number of nitrogens with zero attached hydrogens (tertiary/aromatic N) is 3. The molecule has 0 fully saturated rings. The van der Waals surface area contributed by atoms with E-state index in [1.165, 1.54) is 4.90 Å². The van der Waals surface area contributed by atoms with Crippen molar-refractivity contribution in [1.82, 2.24) is 9.97 Å². The van der Waals surface area contributed by atoms with Crippen LogP contribution in [0, 0.1) is 6.92 Å². The van der Waals surface area contributed by atoms with Gasteiger partial charge in [0.2, 0.25) is 0 Å². The molecule has 0 aliphatic carbocycles. The molecule has 0 spiro atoms. The monoisotopic (exact) mass is 465 g/mol. The number of amides is 1. The lowest BCUT2D eigenvalue weighted by molar-refractivity contribution is -0.150. The lowest BCUT2D eigenvalue weighted by Gasteiger charge is -2.37. The predicted molar refractivity (Wildman–Crippen MR) is 128 cm³/mol. The average Bonchev–Trinajstić information content (AvgIpc) is 3.18. The van der Waals surface area contributed by atoms with Crippen molar-refractivity contribution in [3.63, 3.8) is 0 Å². The van der Waals surface area contributed by atoms with Gasteiger partial charge in [0, 0.05) is 16.6 Å². The van der Waals surface area contributed by atoms with Crippen molar-refractivity contribution in [1.29, 1.82) is 0 Å². The number of fused-ring (bicyclic) bond motifs is 1. The van der Waals surface area contributed by atoms with E-state index in [1.807, 2.05) is 50.2 Å². The zero-order valence-corrected chi connectivity index (χ0v) is 20.2. The molecule has 4 rings (SSSR count). The van der Waals surface area contributed by atoms with E-state index < -0.39 is 18.1 Å². The van der Waals surface area contributed by atoms with Crippen molar-refractivity contribution < 1.29 is 19.1 Å². The minimum atomic E-state index is -0.735. The highest BCUT2D eigenvalue weighted by atomic mass is 32.1. The summed E-state index contributed by atoms with van der Waals surface area (Å²) in [7, 11) is 0. The second-order valence-corrected chi connectivity index (χ2v) is 9.40. The summed E-state index contributed by atoms with van der Waals surface area (Å²) in [6.07, 6.45) is 1.20. The van der Waals surface area contributed by atoms with Gasteiger partial charge in [-0.1, -0.05) is 13.0 Å². The predicted octanol–water partition coefficient (Wildman–Crippen LogP) is 5.02. The molecule has 0 saturated carbocycles. The van der Waals surface area contributed by atoms with Crippen LogP contribution in [0.2, 0.25) is 0 Å². The molecule has 7 nitrogen and oxygen atoms in total. The second kappa shape index (κ2) is 9.31. The largest absolute Gasteiger partial charge is 0.479 e. The number of aromatic nitrogens is 2. The van der Waals surface area contributed by atoms with Crippen molar-refractivity contribution >= 4 is 28.9 Å². The Bertz CT molecular complexity index is 1180. The number of carbonyl (C=O) groups excluding carboxylic acids is 2. The fraction of sp³-hybridized carbons (Fsp3) is 0.360. The van der Waals surface area contributed by atoms with Crippen molar-refractivity contribution in [2.75, 3.05) is 4.90 Å². The molecule has 1 aromatic carbocycles. The first-order valence-electron chi connectivity index (χ1n) is 11.0. The van der Waals surface area contributed by atoms with Crippen LogP contribution in [0.25, 0.3) is 22.0 Å². The first-order chi connectivity index (χ1) is 15.8. The Morgan fingerprint density at radius 2 is 2.06 bits per heavy atom. The molecule has 1 amide bonds. The van der Waals surface area contributed by atoms with Crippen LogP contribution in [0.3, 0.4) is 0 Å². The highest BCUT2D eigenvalue weighted by Gasteiger charge is 2.39. The van der Waals surface area contributed by atoms with E-state index in [9.17, 15) is 9.59 Å². The molecule has 2 atom stereocenters. The summed E-state index contributed by atoms with van der Waals surface area (Å²) >= 11 is 1.56. The zero-order chi connectivity index (χ0) is 23.7. The SMILES string of the molecule is CCC(C(=O)OC(C)C)N1C(=O)C(C)Oc2ccc(-c3nc(-c4ccccn4)sc3C)cc21. The van der Waals surface area contributed by atoms with Crippen LogP contribution in [0.1, 0.15) is 39.0 Å². The molecule has 172 valence electrons. The quantitative estimate of drug-likeness (QED) is 0.475. The molecule has 3 heterocycles. The summed E-state index contributed by atoms with van der Waals surface area (Å²) in [6.45, 7) is 9.16. The average molecular weight is 466 g/mol. The maximum Gasteiger partial charge on any atom is 0.329 e. The van der Waals surface area contributed by atoms with Crippen LogP contribution in [0.4, 0.5) is 5.69 Å². The zero-order valence-electron chi connectivity index (χ0n) is 19.4. The molecule has 3 aromatic rings. The van der Waals surface area contributed by atoms with E-state index in [4.69, 9.17) is 14.5 Å². The van der Waals surface area contributed by atoms with Crippen LogP contribution >= 0.6 is 11.3 Å². The third-order valence-corrected chi connectivity index (χ3v) is 6.38. The Morgan fingerprint density at radius 3 is 2.73 bits per heavy atom. The summed E-state index contributed by atoms with van der Waals surface area (Å²) in [5.74, 6) is -0.135. The molecular formula is C25H27N3O4S. The number of carbonyl (C=O) groups is 2. The molecule has 2 unspecified atom stereocenters. The van der Waals surface area contributed by atoms with E-state index in [0.29, 0.717) is 17.9 Å². The molecule has 8 heteroatoms. The maximum atomic E-state index is 13.2. The Labute approximate surface area is 197 Å². The number of ether oxygens (including phenoxy) is 2. The lowest BCUT2D eigenvalue weighted by atomic mass is 10.0. The molecule has 0 bridgehead atoms. The molecular weight excluding hydrogens is 438 g/mol. The molecule has 2 aromatic heterocycles. The van der Waals surface area contributed by atoms with Gasteiger partial charge in [-0.15, -0.1) is 11.3 Å². The third kappa shape index (κ3) is 4.48. The summed E-state index contributed by atoms with van der Waals surface area (Å²) in [6, 6.07) is 10.6. The van der Waals surface area contributed by atoms with Gasteiger partial charge in [-0.05, 0) is 64.4 Å². The normalized spacial score (nSPS) is 16.4. The number of rotatable bonds is 6. The van der Waals surface area contributed by atoms with Crippen LogP contribution < -0.4 is 9.64 Å². The number of aryl methyl sites for hydroxylation is 1. The van der Waals surface area contributed by atoms with Crippen molar-refractivity contribution in [3.05, 3.63) is 47.5 Å². The first kappa shape index (κ1) is 22.9. The van der Waals surface area contributed by atoms with E-state index in [0.717, 1.165) is 26.8 Å².